The Morgan fingerprint density at radius 3 is 1.88 bits per heavy atom. The van der Waals surface area contributed by atoms with Crippen LogP contribution in [0.3, 0.4) is 0 Å². The van der Waals surface area contributed by atoms with Gasteiger partial charge in [-0.25, -0.2) is 0 Å². The van der Waals surface area contributed by atoms with Crippen molar-refractivity contribution in [2.24, 2.45) is 11.3 Å². The number of piperidine rings is 1. The first-order chi connectivity index (χ1) is 7.71. The molecule has 0 unspecified atom stereocenters. The number of hydrogen-bond donors (Lipinski definition) is 0. The van der Waals surface area contributed by atoms with Gasteiger partial charge in [-0.1, -0.05) is 34.1 Å². The molecule has 0 aromatic heterocycles. The van der Waals surface area contributed by atoms with Gasteiger partial charge in [-0.15, -0.1) is 0 Å². The van der Waals surface area contributed by atoms with Crippen molar-refractivity contribution in [1.29, 1.82) is 0 Å². The smallest absolute Gasteiger partial charge is 0.142 e. The number of ketones is 1. The summed E-state index contributed by atoms with van der Waals surface area (Å²) in [5.74, 6) is 0.502. The van der Waals surface area contributed by atoms with Crippen LogP contribution in [0.5, 0.6) is 0 Å². The summed E-state index contributed by atoms with van der Waals surface area (Å²) >= 11 is 0. The van der Waals surface area contributed by atoms with Crippen molar-refractivity contribution in [2.45, 2.75) is 66.3 Å². The molecule has 0 bridgehead atoms. The highest BCUT2D eigenvalue weighted by atomic mass is 16.1. The molecule has 100 valence electrons. The number of Topliss-reactive ketones (excluding diaryl/α,β-unsaturated/α-hetero) is 1. The molecule has 1 rings (SSSR count). The summed E-state index contributed by atoms with van der Waals surface area (Å²) in [6.45, 7) is 15.0. The standard InChI is InChI=1S/C15H29NO/c1-12(2)13(17)14(3,4)15(5,6)16-10-8-7-9-11-16/h12H,7-11H2,1-6H3. The van der Waals surface area contributed by atoms with Gasteiger partial charge in [0.15, 0.2) is 0 Å². The molecule has 2 heteroatoms. The zero-order valence-electron chi connectivity index (χ0n) is 12.5. The van der Waals surface area contributed by atoms with E-state index in [9.17, 15) is 4.79 Å². The molecule has 0 aromatic carbocycles. The molecule has 1 heterocycles. The molecule has 0 atom stereocenters. The van der Waals surface area contributed by atoms with E-state index in [1.807, 2.05) is 13.8 Å². The average Bonchev–Trinajstić information content (AvgIpc) is 2.28. The highest BCUT2D eigenvalue weighted by Gasteiger charge is 2.47. The summed E-state index contributed by atoms with van der Waals surface area (Å²) in [4.78, 5) is 14.9. The van der Waals surface area contributed by atoms with Gasteiger partial charge in [0.2, 0.25) is 0 Å². The maximum Gasteiger partial charge on any atom is 0.142 e. The van der Waals surface area contributed by atoms with Crippen molar-refractivity contribution in [2.75, 3.05) is 13.1 Å². The average molecular weight is 239 g/mol. The lowest BCUT2D eigenvalue weighted by atomic mass is 9.67. The van der Waals surface area contributed by atoms with E-state index < -0.39 is 0 Å². The maximum absolute atomic E-state index is 12.4. The molecule has 1 fully saturated rings. The van der Waals surface area contributed by atoms with Crippen LogP contribution in [0.15, 0.2) is 0 Å². The van der Waals surface area contributed by atoms with E-state index in [1.54, 1.807) is 0 Å². The van der Waals surface area contributed by atoms with Gasteiger partial charge >= 0.3 is 0 Å². The van der Waals surface area contributed by atoms with Crippen LogP contribution in [-0.4, -0.2) is 29.3 Å². The monoisotopic (exact) mass is 239 g/mol. The Kier molecular flexibility index (Phi) is 4.40. The number of nitrogens with zero attached hydrogens (tertiary/aromatic N) is 1. The zero-order valence-corrected chi connectivity index (χ0v) is 12.5. The number of rotatable bonds is 4. The van der Waals surface area contributed by atoms with Crippen LogP contribution in [0, 0.1) is 11.3 Å². The Morgan fingerprint density at radius 2 is 1.47 bits per heavy atom. The minimum atomic E-state index is -0.279. The summed E-state index contributed by atoms with van der Waals surface area (Å²) < 4.78 is 0. The first kappa shape index (κ1) is 14.7. The summed E-state index contributed by atoms with van der Waals surface area (Å²) in [6, 6.07) is 0. The van der Waals surface area contributed by atoms with Gasteiger partial charge in [0.1, 0.15) is 5.78 Å². The lowest BCUT2D eigenvalue weighted by molar-refractivity contribution is -0.139. The van der Waals surface area contributed by atoms with Crippen LogP contribution < -0.4 is 0 Å². The second kappa shape index (κ2) is 5.09. The van der Waals surface area contributed by atoms with Gasteiger partial charge in [0.25, 0.3) is 0 Å². The van der Waals surface area contributed by atoms with Crippen molar-refractivity contribution in [3.8, 4) is 0 Å². The third-order valence-corrected chi connectivity index (χ3v) is 4.82. The van der Waals surface area contributed by atoms with E-state index in [1.165, 1.54) is 19.3 Å². The predicted molar refractivity (Wildman–Crippen MR) is 73.1 cm³/mol. The van der Waals surface area contributed by atoms with Crippen molar-refractivity contribution < 1.29 is 4.79 Å². The summed E-state index contributed by atoms with van der Waals surface area (Å²) in [7, 11) is 0. The fourth-order valence-corrected chi connectivity index (χ4v) is 2.87. The lowest BCUT2D eigenvalue weighted by Gasteiger charge is -2.50. The molecular weight excluding hydrogens is 210 g/mol. The normalized spacial score (nSPS) is 19.7. The van der Waals surface area contributed by atoms with Crippen LogP contribution in [0.25, 0.3) is 0 Å². The second-order valence-corrected chi connectivity index (χ2v) is 6.75. The van der Waals surface area contributed by atoms with Crippen molar-refractivity contribution in [3.63, 3.8) is 0 Å². The third-order valence-electron chi connectivity index (χ3n) is 4.82. The van der Waals surface area contributed by atoms with E-state index in [0.29, 0.717) is 5.78 Å². The summed E-state index contributed by atoms with van der Waals surface area (Å²) in [6.07, 6.45) is 3.88. The molecule has 2 nitrogen and oxygen atoms in total. The zero-order chi connectivity index (χ0) is 13.3. The molecule has 0 radical (unpaired) electrons. The van der Waals surface area contributed by atoms with Crippen LogP contribution in [-0.2, 0) is 4.79 Å². The van der Waals surface area contributed by atoms with E-state index >= 15 is 0 Å². The van der Waals surface area contributed by atoms with Crippen LogP contribution >= 0.6 is 0 Å². The highest BCUT2D eigenvalue weighted by Crippen LogP contribution is 2.39. The van der Waals surface area contributed by atoms with E-state index in [-0.39, 0.29) is 16.9 Å². The van der Waals surface area contributed by atoms with E-state index in [0.717, 1.165) is 13.1 Å². The second-order valence-electron chi connectivity index (χ2n) is 6.75. The number of hydrogen-bond acceptors (Lipinski definition) is 2. The number of carbonyl (C=O) groups is 1. The quantitative estimate of drug-likeness (QED) is 0.748. The minimum absolute atomic E-state index is 0.0469. The Balaban J connectivity index is 2.90. The third kappa shape index (κ3) is 2.73. The summed E-state index contributed by atoms with van der Waals surface area (Å²) in [5, 5.41) is 0. The first-order valence-electron chi connectivity index (χ1n) is 7.00. The van der Waals surface area contributed by atoms with Gasteiger partial charge in [0.05, 0.1) is 0 Å². The number of likely N-dealkylation sites (tertiary alicyclic amines) is 1. The Labute approximate surface area is 107 Å². The highest BCUT2D eigenvalue weighted by molar-refractivity contribution is 5.87. The van der Waals surface area contributed by atoms with E-state index in [4.69, 9.17) is 0 Å². The predicted octanol–water partition coefficient (Wildman–Crippen LogP) is 3.50. The first-order valence-corrected chi connectivity index (χ1v) is 7.00. The molecule has 0 saturated carbocycles. The van der Waals surface area contributed by atoms with Gasteiger partial charge in [-0.3, -0.25) is 9.69 Å². The minimum Gasteiger partial charge on any atom is -0.299 e. The summed E-state index contributed by atoms with van der Waals surface area (Å²) in [5.41, 5.74) is -0.326. The van der Waals surface area contributed by atoms with Crippen LogP contribution in [0.2, 0.25) is 0 Å². The van der Waals surface area contributed by atoms with Gasteiger partial charge in [-0.2, -0.15) is 0 Å². The molecule has 0 aromatic rings. The number of carbonyl (C=O) groups excluding carboxylic acids is 1. The molecule has 0 aliphatic carbocycles. The maximum atomic E-state index is 12.4. The lowest BCUT2D eigenvalue weighted by Crippen LogP contribution is -2.59. The van der Waals surface area contributed by atoms with Crippen LogP contribution in [0.4, 0.5) is 0 Å². The fourth-order valence-electron chi connectivity index (χ4n) is 2.87. The molecule has 1 aliphatic heterocycles. The molecule has 0 spiro atoms. The fraction of sp³-hybridized carbons (Fsp3) is 0.933. The Bertz CT molecular complexity index is 273. The largest absolute Gasteiger partial charge is 0.299 e. The van der Waals surface area contributed by atoms with Gasteiger partial charge in [-0.05, 0) is 39.8 Å². The van der Waals surface area contributed by atoms with Crippen molar-refractivity contribution in [1.82, 2.24) is 4.90 Å². The van der Waals surface area contributed by atoms with Gasteiger partial charge < -0.3 is 0 Å². The Morgan fingerprint density at radius 1 is 1.00 bits per heavy atom. The topological polar surface area (TPSA) is 20.3 Å². The van der Waals surface area contributed by atoms with Crippen LogP contribution in [0.1, 0.15) is 60.8 Å². The van der Waals surface area contributed by atoms with Crippen molar-refractivity contribution in [3.05, 3.63) is 0 Å². The van der Waals surface area contributed by atoms with E-state index in [2.05, 4.69) is 32.6 Å². The molecule has 17 heavy (non-hydrogen) atoms. The molecular formula is C15H29NO. The molecule has 0 N–H and O–H groups in total. The molecule has 0 amide bonds. The SMILES string of the molecule is CC(C)C(=O)C(C)(C)C(C)(C)N1CCCCC1. The van der Waals surface area contributed by atoms with Gasteiger partial charge in [0, 0.05) is 16.9 Å². The molecule has 1 aliphatic rings. The Hall–Kier alpha value is -0.370. The van der Waals surface area contributed by atoms with Crippen molar-refractivity contribution >= 4 is 5.78 Å². The molecule has 1 saturated heterocycles.